The molecule has 9 rings (SSSR count). The second kappa shape index (κ2) is 13.8. The van der Waals surface area contributed by atoms with Crippen LogP contribution in [0.1, 0.15) is 174 Å². The summed E-state index contributed by atoms with van der Waals surface area (Å²) in [6.07, 6.45) is 28.0. The fraction of sp³-hybridized carbons (Fsp3) is 0.545. The van der Waals surface area contributed by atoms with Crippen molar-refractivity contribution in [3.63, 3.8) is 0 Å². The first-order valence-electron chi connectivity index (χ1n) is 19.5. The van der Waals surface area contributed by atoms with Gasteiger partial charge in [-0.1, -0.05) is 113 Å². The van der Waals surface area contributed by atoms with Gasteiger partial charge in [0, 0.05) is 19.2 Å². The van der Waals surface area contributed by atoms with Crippen molar-refractivity contribution in [2.45, 2.75) is 152 Å². The lowest BCUT2D eigenvalue weighted by Gasteiger charge is -2.29. The second-order valence-electron chi connectivity index (χ2n) is 15.7. The van der Waals surface area contributed by atoms with Crippen molar-refractivity contribution in [1.29, 1.82) is 0 Å². The molecule has 4 aliphatic rings. The SMILES string of the molecule is c1cc(C2CCCCC2)c(-c2cc3sc4cc(-c5c(C6CCCCC6)cccc5C5CCCCC5)sc4c3s2)c(C2CCCCC2)c1. The van der Waals surface area contributed by atoms with Crippen LogP contribution in [0.25, 0.3) is 39.7 Å². The number of hydrogen-bond donors (Lipinski definition) is 0. The maximum atomic E-state index is 2.62. The van der Waals surface area contributed by atoms with Gasteiger partial charge in [0.1, 0.15) is 0 Å². The average Bonchev–Trinajstić information content (AvgIpc) is 3.84. The molecule has 0 N–H and O–H groups in total. The van der Waals surface area contributed by atoms with E-state index in [-0.39, 0.29) is 0 Å². The van der Waals surface area contributed by atoms with Crippen LogP contribution in [-0.2, 0) is 0 Å². The van der Waals surface area contributed by atoms with Crippen molar-refractivity contribution >= 4 is 52.8 Å². The molecule has 4 saturated carbocycles. The summed E-state index contributed by atoms with van der Waals surface area (Å²) in [4.78, 5) is 3.13. The third kappa shape index (κ3) is 5.99. The van der Waals surface area contributed by atoms with E-state index in [1.165, 1.54) is 138 Å². The number of benzene rings is 2. The summed E-state index contributed by atoms with van der Waals surface area (Å²) in [7, 11) is 0. The Bertz CT molecular complexity index is 1620. The Balaban J connectivity index is 1.16. The van der Waals surface area contributed by atoms with E-state index in [4.69, 9.17) is 0 Å². The predicted molar refractivity (Wildman–Crippen MR) is 209 cm³/mol. The molecule has 246 valence electrons. The maximum Gasteiger partial charge on any atom is 0.0636 e. The quantitative estimate of drug-likeness (QED) is 0.168. The van der Waals surface area contributed by atoms with E-state index in [0.717, 1.165) is 23.7 Å². The minimum absolute atomic E-state index is 0.741. The van der Waals surface area contributed by atoms with Crippen molar-refractivity contribution < 1.29 is 0 Å². The fourth-order valence-corrected chi connectivity index (χ4v) is 14.5. The lowest BCUT2D eigenvalue weighted by Crippen LogP contribution is -2.10. The summed E-state index contributed by atoms with van der Waals surface area (Å²) in [6, 6.07) is 20.2. The van der Waals surface area contributed by atoms with Crippen LogP contribution in [0.5, 0.6) is 0 Å². The molecule has 2 aromatic carbocycles. The Morgan fingerprint density at radius 2 is 0.660 bits per heavy atom. The monoisotopic (exact) mass is 676 g/mol. The van der Waals surface area contributed by atoms with Gasteiger partial charge in [-0.15, -0.1) is 34.0 Å². The van der Waals surface area contributed by atoms with E-state index >= 15 is 0 Å². The smallest absolute Gasteiger partial charge is 0.0636 e. The minimum atomic E-state index is 0.741. The first kappa shape index (κ1) is 31.1. The summed E-state index contributed by atoms with van der Waals surface area (Å²) in [5.74, 6) is 2.96. The molecule has 3 heterocycles. The Morgan fingerprint density at radius 1 is 0.362 bits per heavy atom. The Morgan fingerprint density at radius 3 is 0.957 bits per heavy atom. The molecule has 0 nitrogen and oxygen atoms in total. The Labute approximate surface area is 295 Å². The van der Waals surface area contributed by atoms with Gasteiger partial charge < -0.3 is 0 Å². The average molecular weight is 677 g/mol. The van der Waals surface area contributed by atoms with E-state index < -0.39 is 0 Å². The third-order valence-corrected chi connectivity index (χ3v) is 16.6. The molecule has 0 unspecified atom stereocenters. The van der Waals surface area contributed by atoms with Gasteiger partial charge >= 0.3 is 0 Å². The fourth-order valence-electron chi connectivity index (χ4n) is 10.3. The van der Waals surface area contributed by atoms with Gasteiger partial charge in [0.2, 0.25) is 0 Å². The highest BCUT2D eigenvalue weighted by Gasteiger charge is 2.29. The highest BCUT2D eigenvalue weighted by molar-refractivity contribution is 7.40. The zero-order chi connectivity index (χ0) is 31.2. The summed E-state index contributed by atoms with van der Waals surface area (Å²) in [5.41, 5.74) is 10.1. The van der Waals surface area contributed by atoms with E-state index in [1.807, 2.05) is 0 Å². The first-order chi connectivity index (χ1) is 23.3. The van der Waals surface area contributed by atoms with Crippen LogP contribution >= 0.6 is 34.0 Å². The lowest BCUT2D eigenvalue weighted by molar-refractivity contribution is 0.437. The standard InChI is InChI=1S/C44H52S3/c1-5-15-29(16-6-1)33-23-13-24-34(30-17-7-2-8-18-30)41(33)37-27-39-43(46-37)44-40(45-39)28-38(47-44)42-35(31-19-9-3-10-20-31)25-14-26-36(42)32-21-11-4-12-22-32/h13-14,23-32H,1-12,15-22H2. The molecular formula is C44H52S3. The molecule has 0 bridgehead atoms. The van der Waals surface area contributed by atoms with Gasteiger partial charge in [0.15, 0.2) is 0 Å². The largest absolute Gasteiger partial charge is 0.133 e. The molecular weight excluding hydrogens is 625 g/mol. The van der Waals surface area contributed by atoms with Crippen molar-refractivity contribution in [2.75, 3.05) is 0 Å². The Kier molecular flexibility index (Phi) is 9.09. The second-order valence-corrected chi connectivity index (χ2v) is 18.9. The third-order valence-electron chi connectivity index (χ3n) is 12.8. The number of fused-ring (bicyclic) bond motifs is 3. The molecule has 0 spiro atoms. The van der Waals surface area contributed by atoms with Crippen molar-refractivity contribution in [3.05, 3.63) is 70.8 Å². The number of thiophene rings is 3. The van der Waals surface area contributed by atoms with Gasteiger partial charge in [0.25, 0.3) is 0 Å². The normalized spacial score (nSPS) is 21.3. The van der Waals surface area contributed by atoms with E-state index in [9.17, 15) is 0 Å². The maximum absolute atomic E-state index is 2.62. The van der Waals surface area contributed by atoms with Crippen LogP contribution in [0, 0.1) is 0 Å². The molecule has 0 saturated heterocycles. The minimum Gasteiger partial charge on any atom is -0.133 e. The lowest BCUT2D eigenvalue weighted by atomic mass is 9.76. The Hall–Kier alpha value is -1.94. The predicted octanol–water partition coefficient (Wildman–Crippen LogP) is 15.7. The molecule has 3 heteroatoms. The van der Waals surface area contributed by atoms with Gasteiger partial charge in [-0.3, -0.25) is 0 Å². The van der Waals surface area contributed by atoms with Crippen LogP contribution in [0.3, 0.4) is 0 Å². The van der Waals surface area contributed by atoms with Crippen molar-refractivity contribution in [3.8, 4) is 20.9 Å². The molecule has 4 fully saturated rings. The van der Waals surface area contributed by atoms with Crippen LogP contribution in [0.15, 0.2) is 48.5 Å². The van der Waals surface area contributed by atoms with Crippen molar-refractivity contribution in [2.24, 2.45) is 0 Å². The van der Waals surface area contributed by atoms with E-state index in [0.29, 0.717) is 0 Å². The molecule has 0 radical (unpaired) electrons. The summed E-state index contributed by atoms with van der Waals surface area (Å²) in [5, 5.41) is 0. The topological polar surface area (TPSA) is 0 Å². The molecule has 5 aromatic rings. The first-order valence-corrected chi connectivity index (χ1v) is 22.0. The summed E-state index contributed by atoms with van der Waals surface area (Å²) < 4.78 is 6.19. The highest BCUT2D eigenvalue weighted by Crippen LogP contribution is 2.54. The zero-order valence-electron chi connectivity index (χ0n) is 28.3. The van der Waals surface area contributed by atoms with E-state index in [1.54, 1.807) is 52.5 Å². The zero-order valence-corrected chi connectivity index (χ0v) is 30.7. The summed E-state index contributed by atoms with van der Waals surface area (Å²) in [6.45, 7) is 0. The number of hydrogen-bond acceptors (Lipinski definition) is 3. The molecule has 4 aliphatic carbocycles. The molecule has 3 aromatic heterocycles. The molecule has 0 amide bonds. The van der Waals surface area contributed by atoms with Gasteiger partial charge in [-0.25, -0.2) is 0 Å². The molecule has 0 atom stereocenters. The van der Waals surface area contributed by atoms with Gasteiger partial charge in [-0.05, 0) is 121 Å². The van der Waals surface area contributed by atoms with Gasteiger partial charge in [-0.2, -0.15) is 0 Å². The van der Waals surface area contributed by atoms with Crippen LogP contribution in [0.2, 0.25) is 0 Å². The van der Waals surface area contributed by atoms with Gasteiger partial charge in [0.05, 0.1) is 9.40 Å². The molecule has 0 aliphatic heterocycles. The van der Waals surface area contributed by atoms with Crippen LogP contribution in [-0.4, -0.2) is 0 Å². The van der Waals surface area contributed by atoms with Crippen LogP contribution in [0.4, 0.5) is 0 Å². The summed E-state index contributed by atoms with van der Waals surface area (Å²) >= 11 is 6.35. The van der Waals surface area contributed by atoms with E-state index in [2.05, 4.69) is 82.5 Å². The van der Waals surface area contributed by atoms with Crippen LogP contribution < -0.4 is 0 Å². The highest BCUT2D eigenvalue weighted by atomic mass is 32.1. The number of rotatable bonds is 6. The molecule has 47 heavy (non-hydrogen) atoms. The van der Waals surface area contributed by atoms with Crippen molar-refractivity contribution in [1.82, 2.24) is 0 Å².